The fourth-order valence-corrected chi connectivity index (χ4v) is 3.01. The van der Waals surface area contributed by atoms with Crippen LogP contribution in [0.15, 0.2) is 29.3 Å². The van der Waals surface area contributed by atoms with Crippen LogP contribution >= 0.6 is 11.8 Å². The second-order valence-electron chi connectivity index (χ2n) is 4.67. The Morgan fingerprint density at radius 3 is 2.58 bits per heavy atom. The van der Waals surface area contributed by atoms with E-state index in [4.69, 9.17) is 5.11 Å². The molecule has 1 heterocycles. The minimum absolute atomic E-state index is 0.0272. The molecular weight excluding hydrogens is 268 g/mol. The van der Waals surface area contributed by atoms with Crippen molar-refractivity contribution in [3.63, 3.8) is 0 Å². The highest BCUT2D eigenvalue weighted by molar-refractivity contribution is 8.15. The molecule has 1 aliphatic rings. The standard InChI is InChI=1S/C12H14N2O4S/c1-12(2)9(10(16)17)14(18)11(19-12)13-7-5-3-4-6-8(7)15/h3-6,9,15,18H,1-2H3,(H,16,17)/t9-/m1/s1. The van der Waals surface area contributed by atoms with E-state index in [1.807, 2.05) is 0 Å². The summed E-state index contributed by atoms with van der Waals surface area (Å²) in [7, 11) is 0. The first-order valence-corrected chi connectivity index (χ1v) is 6.41. The van der Waals surface area contributed by atoms with E-state index in [0.29, 0.717) is 5.06 Å². The van der Waals surface area contributed by atoms with Crippen LogP contribution in [0.3, 0.4) is 0 Å². The lowest BCUT2D eigenvalue weighted by atomic mass is 10.0. The predicted molar refractivity (Wildman–Crippen MR) is 71.9 cm³/mol. The number of thioether (sulfide) groups is 1. The number of hydrogen-bond donors (Lipinski definition) is 3. The third kappa shape index (κ3) is 2.52. The van der Waals surface area contributed by atoms with Gasteiger partial charge in [0.05, 0.1) is 4.75 Å². The monoisotopic (exact) mass is 282 g/mol. The lowest BCUT2D eigenvalue weighted by Crippen LogP contribution is -2.45. The number of amidine groups is 1. The summed E-state index contributed by atoms with van der Waals surface area (Å²) in [6.45, 7) is 3.43. The van der Waals surface area contributed by atoms with Gasteiger partial charge < -0.3 is 10.2 Å². The molecule has 0 aliphatic carbocycles. The van der Waals surface area contributed by atoms with Crippen LogP contribution in [0.2, 0.25) is 0 Å². The highest BCUT2D eigenvalue weighted by Crippen LogP contribution is 2.41. The number of carbonyl (C=O) groups is 1. The van der Waals surface area contributed by atoms with Crippen molar-refractivity contribution >= 4 is 28.6 Å². The number of hydrogen-bond acceptors (Lipinski definition) is 5. The molecule has 0 bridgehead atoms. The molecule has 1 atom stereocenters. The van der Waals surface area contributed by atoms with Crippen molar-refractivity contribution in [1.29, 1.82) is 0 Å². The number of aromatic hydroxyl groups is 1. The number of para-hydroxylation sites is 2. The number of phenolic OH excluding ortho intramolecular Hbond substituents is 1. The largest absolute Gasteiger partial charge is 0.506 e. The molecular formula is C12H14N2O4S. The Balaban J connectivity index is 2.38. The van der Waals surface area contributed by atoms with Crippen LogP contribution in [0.5, 0.6) is 5.75 Å². The van der Waals surface area contributed by atoms with Gasteiger partial charge in [0.2, 0.25) is 0 Å². The minimum Gasteiger partial charge on any atom is -0.506 e. The Hall–Kier alpha value is -1.73. The Kier molecular flexibility index (Phi) is 3.42. The number of benzene rings is 1. The Morgan fingerprint density at radius 1 is 1.42 bits per heavy atom. The van der Waals surface area contributed by atoms with Gasteiger partial charge in [-0.25, -0.2) is 14.9 Å². The lowest BCUT2D eigenvalue weighted by molar-refractivity contribution is -0.154. The SMILES string of the molecule is CC1(C)SC(=Nc2ccccc2O)N(O)[C@@H]1C(=O)O. The van der Waals surface area contributed by atoms with Gasteiger partial charge in [-0.3, -0.25) is 5.21 Å². The van der Waals surface area contributed by atoms with E-state index in [1.165, 1.54) is 6.07 Å². The Bertz CT molecular complexity index is 544. The van der Waals surface area contributed by atoms with Gasteiger partial charge in [-0.2, -0.15) is 0 Å². The summed E-state index contributed by atoms with van der Waals surface area (Å²) in [6, 6.07) is 5.32. The summed E-state index contributed by atoms with van der Waals surface area (Å²) in [4.78, 5) is 15.3. The van der Waals surface area contributed by atoms with E-state index in [0.717, 1.165) is 11.8 Å². The molecule has 1 saturated heterocycles. The number of aliphatic imine (C=N–C) groups is 1. The van der Waals surface area contributed by atoms with E-state index < -0.39 is 16.8 Å². The highest BCUT2D eigenvalue weighted by atomic mass is 32.2. The molecule has 0 unspecified atom stereocenters. The summed E-state index contributed by atoms with van der Waals surface area (Å²) in [5, 5.41) is 29.5. The predicted octanol–water partition coefficient (Wildman–Crippen LogP) is 2.05. The van der Waals surface area contributed by atoms with Crippen molar-refractivity contribution in [2.24, 2.45) is 4.99 Å². The summed E-state index contributed by atoms with van der Waals surface area (Å²) in [6.07, 6.45) is 0. The molecule has 2 rings (SSSR count). The number of carboxylic acids is 1. The smallest absolute Gasteiger partial charge is 0.330 e. The van der Waals surface area contributed by atoms with E-state index in [1.54, 1.807) is 32.0 Å². The average molecular weight is 282 g/mol. The molecule has 0 amide bonds. The number of phenols is 1. The second-order valence-corrected chi connectivity index (χ2v) is 6.30. The van der Waals surface area contributed by atoms with E-state index in [9.17, 15) is 15.1 Å². The van der Waals surface area contributed by atoms with Crippen LogP contribution in [0.25, 0.3) is 0 Å². The quantitative estimate of drug-likeness (QED) is 0.768. The highest BCUT2D eigenvalue weighted by Gasteiger charge is 2.49. The van der Waals surface area contributed by atoms with Crippen molar-refractivity contribution in [2.75, 3.05) is 0 Å². The zero-order valence-corrected chi connectivity index (χ0v) is 11.3. The third-order valence-corrected chi connectivity index (χ3v) is 4.00. The molecule has 1 aliphatic heterocycles. The molecule has 0 radical (unpaired) electrons. The molecule has 0 aromatic heterocycles. The van der Waals surface area contributed by atoms with Gasteiger partial charge in [0, 0.05) is 0 Å². The van der Waals surface area contributed by atoms with Crippen molar-refractivity contribution in [3.05, 3.63) is 24.3 Å². The second kappa shape index (κ2) is 4.75. The number of carboxylic acid groups (broad SMARTS) is 1. The lowest BCUT2D eigenvalue weighted by Gasteiger charge is -2.23. The number of rotatable bonds is 2. The van der Waals surface area contributed by atoms with E-state index in [2.05, 4.69) is 4.99 Å². The van der Waals surface area contributed by atoms with Crippen LogP contribution in [0.1, 0.15) is 13.8 Å². The average Bonchev–Trinajstić information content (AvgIpc) is 2.52. The summed E-state index contributed by atoms with van der Waals surface area (Å²) >= 11 is 1.15. The van der Waals surface area contributed by atoms with Crippen LogP contribution in [-0.2, 0) is 4.79 Å². The molecule has 1 aromatic rings. The number of nitrogens with zero attached hydrogens (tertiary/aromatic N) is 2. The first-order chi connectivity index (χ1) is 8.83. The molecule has 0 saturated carbocycles. The molecule has 102 valence electrons. The zero-order valence-electron chi connectivity index (χ0n) is 10.4. The molecule has 1 aromatic carbocycles. The van der Waals surface area contributed by atoms with Crippen LogP contribution in [-0.4, -0.2) is 42.4 Å². The molecule has 7 heteroatoms. The zero-order chi connectivity index (χ0) is 14.2. The summed E-state index contributed by atoms with van der Waals surface area (Å²) < 4.78 is -0.718. The normalized spacial score (nSPS) is 23.8. The van der Waals surface area contributed by atoms with Gasteiger partial charge in [0.25, 0.3) is 0 Å². The third-order valence-electron chi connectivity index (χ3n) is 2.79. The number of aliphatic carboxylic acids is 1. The topological polar surface area (TPSA) is 93.4 Å². The van der Waals surface area contributed by atoms with E-state index >= 15 is 0 Å². The van der Waals surface area contributed by atoms with Gasteiger partial charge >= 0.3 is 5.97 Å². The van der Waals surface area contributed by atoms with Gasteiger partial charge in [0.1, 0.15) is 11.4 Å². The molecule has 1 fully saturated rings. The Morgan fingerprint density at radius 2 is 2.05 bits per heavy atom. The van der Waals surface area contributed by atoms with Crippen LogP contribution in [0.4, 0.5) is 5.69 Å². The molecule has 19 heavy (non-hydrogen) atoms. The maximum absolute atomic E-state index is 11.2. The Labute approximate surface area is 114 Å². The van der Waals surface area contributed by atoms with Crippen LogP contribution < -0.4 is 0 Å². The van der Waals surface area contributed by atoms with E-state index in [-0.39, 0.29) is 16.6 Å². The van der Waals surface area contributed by atoms with Crippen LogP contribution in [0, 0.1) is 0 Å². The molecule has 0 spiro atoms. The molecule has 3 N–H and O–H groups in total. The van der Waals surface area contributed by atoms with Gasteiger partial charge in [-0.15, -0.1) is 0 Å². The fraction of sp³-hybridized carbons (Fsp3) is 0.333. The summed E-state index contributed by atoms with van der Waals surface area (Å²) in [5.41, 5.74) is 0.283. The van der Waals surface area contributed by atoms with Gasteiger partial charge in [0.15, 0.2) is 11.2 Å². The first kappa shape index (κ1) is 13.7. The first-order valence-electron chi connectivity index (χ1n) is 5.59. The molecule has 6 nitrogen and oxygen atoms in total. The van der Waals surface area contributed by atoms with Crippen molar-refractivity contribution in [1.82, 2.24) is 5.06 Å². The van der Waals surface area contributed by atoms with Crippen molar-refractivity contribution < 1.29 is 20.2 Å². The number of hydroxylamine groups is 2. The summed E-state index contributed by atoms with van der Waals surface area (Å²) in [5.74, 6) is -1.15. The maximum atomic E-state index is 11.2. The minimum atomic E-state index is -1.12. The maximum Gasteiger partial charge on any atom is 0.330 e. The van der Waals surface area contributed by atoms with Gasteiger partial charge in [-0.05, 0) is 26.0 Å². The van der Waals surface area contributed by atoms with Crippen molar-refractivity contribution in [3.8, 4) is 5.75 Å². The van der Waals surface area contributed by atoms with Crippen molar-refractivity contribution in [2.45, 2.75) is 24.6 Å². The fourth-order valence-electron chi connectivity index (χ4n) is 1.88. The van der Waals surface area contributed by atoms with Gasteiger partial charge in [-0.1, -0.05) is 23.9 Å².